The first-order valence-electron chi connectivity index (χ1n) is 6.41. The standard InChI is InChI=1S/C12H23N3O/c1-15(11(7-13)9-4-5-9)12(16)10-3-2-6-14-8-10/h9-11,14H,2-8,13H2,1H3/t10-,11?/m1/s1. The molecule has 92 valence electrons. The molecule has 0 bridgehead atoms. The smallest absolute Gasteiger partial charge is 0.227 e. The van der Waals surface area contributed by atoms with E-state index in [2.05, 4.69) is 5.32 Å². The summed E-state index contributed by atoms with van der Waals surface area (Å²) in [5.41, 5.74) is 5.77. The van der Waals surface area contributed by atoms with Gasteiger partial charge in [0.2, 0.25) is 5.91 Å². The van der Waals surface area contributed by atoms with Crippen molar-refractivity contribution in [2.75, 3.05) is 26.7 Å². The summed E-state index contributed by atoms with van der Waals surface area (Å²) >= 11 is 0. The van der Waals surface area contributed by atoms with Crippen LogP contribution < -0.4 is 11.1 Å². The molecule has 1 heterocycles. The first-order chi connectivity index (χ1) is 7.74. The van der Waals surface area contributed by atoms with Gasteiger partial charge in [0.25, 0.3) is 0 Å². The molecule has 2 aliphatic rings. The average Bonchev–Trinajstić information content (AvgIpc) is 3.14. The topological polar surface area (TPSA) is 58.4 Å². The Bertz CT molecular complexity index is 247. The van der Waals surface area contributed by atoms with Crippen molar-refractivity contribution in [2.24, 2.45) is 17.6 Å². The maximum Gasteiger partial charge on any atom is 0.227 e. The van der Waals surface area contributed by atoms with Gasteiger partial charge in [0.1, 0.15) is 0 Å². The molecule has 2 atom stereocenters. The minimum absolute atomic E-state index is 0.173. The Morgan fingerprint density at radius 2 is 2.25 bits per heavy atom. The summed E-state index contributed by atoms with van der Waals surface area (Å²) in [6.07, 6.45) is 4.61. The van der Waals surface area contributed by atoms with E-state index < -0.39 is 0 Å². The van der Waals surface area contributed by atoms with Gasteiger partial charge in [0, 0.05) is 26.2 Å². The zero-order chi connectivity index (χ0) is 11.5. The lowest BCUT2D eigenvalue weighted by Crippen LogP contribution is -2.48. The molecule has 0 aromatic rings. The zero-order valence-corrected chi connectivity index (χ0v) is 10.1. The Kier molecular flexibility index (Phi) is 3.82. The Labute approximate surface area is 97.6 Å². The van der Waals surface area contributed by atoms with E-state index in [-0.39, 0.29) is 17.9 Å². The Hall–Kier alpha value is -0.610. The van der Waals surface area contributed by atoms with Crippen LogP contribution in [0, 0.1) is 11.8 Å². The quantitative estimate of drug-likeness (QED) is 0.717. The van der Waals surface area contributed by atoms with Gasteiger partial charge in [-0.25, -0.2) is 0 Å². The molecule has 1 unspecified atom stereocenters. The molecule has 4 heteroatoms. The van der Waals surface area contributed by atoms with Gasteiger partial charge in [-0.3, -0.25) is 4.79 Å². The third kappa shape index (κ3) is 2.55. The van der Waals surface area contributed by atoms with Gasteiger partial charge >= 0.3 is 0 Å². The molecule has 1 saturated heterocycles. The van der Waals surface area contributed by atoms with Crippen LogP contribution in [-0.2, 0) is 4.79 Å². The summed E-state index contributed by atoms with van der Waals surface area (Å²) in [6.45, 7) is 2.49. The predicted octanol–water partition coefficient (Wildman–Crippen LogP) is 0.182. The number of nitrogens with one attached hydrogen (secondary N) is 1. The highest BCUT2D eigenvalue weighted by Gasteiger charge is 2.36. The fourth-order valence-electron chi connectivity index (χ4n) is 2.66. The highest BCUT2D eigenvalue weighted by molar-refractivity contribution is 5.79. The summed E-state index contributed by atoms with van der Waals surface area (Å²) in [6, 6.07) is 0.273. The van der Waals surface area contributed by atoms with Crippen LogP contribution in [-0.4, -0.2) is 43.5 Å². The Morgan fingerprint density at radius 1 is 1.50 bits per heavy atom. The maximum atomic E-state index is 12.3. The largest absolute Gasteiger partial charge is 0.341 e. The average molecular weight is 225 g/mol. The van der Waals surface area contributed by atoms with Gasteiger partial charge in [-0.1, -0.05) is 0 Å². The lowest BCUT2D eigenvalue weighted by molar-refractivity contribution is -0.137. The summed E-state index contributed by atoms with van der Waals surface area (Å²) in [5.74, 6) is 1.12. The number of piperidine rings is 1. The molecule has 0 radical (unpaired) electrons. The Balaban J connectivity index is 1.91. The van der Waals surface area contributed by atoms with Crippen molar-refractivity contribution in [2.45, 2.75) is 31.7 Å². The molecule has 0 aromatic heterocycles. The van der Waals surface area contributed by atoms with Crippen LogP contribution in [0.25, 0.3) is 0 Å². The highest BCUT2D eigenvalue weighted by Crippen LogP contribution is 2.35. The third-order valence-corrected chi connectivity index (χ3v) is 3.90. The number of nitrogens with two attached hydrogens (primary N) is 1. The Morgan fingerprint density at radius 3 is 2.75 bits per heavy atom. The number of nitrogens with zero attached hydrogens (tertiary/aromatic N) is 1. The van der Waals surface area contributed by atoms with Gasteiger partial charge < -0.3 is 16.0 Å². The fraction of sp³-hybridized carbons (Fsp3) is 0.917. The van der Waals surface area contributed by atoms with Crippen molar-refractivity contribution in [1.82, 2.24) is 10.2 Å². The minimum atomic E-state index is 0.173. The minimum Gasteiger partial charge on any atom is -0.341 e. The number of rotatable bonds is 4. The number of amides is 1. The number of hydrogen-bond donors (Lipinski definition) is 2. The molecular formula is C12H23N3O. The SMILES string of the molecule is CN(C(=O)[C@@H]1CCCNC1)C(CN)C1CC1. The van der Waals surface area contributed by atoms with Crippen molar-refractivity contribution in [1.29, 1.82) is 0 Å². The summed E-state index contributed by atoms with van der Waals surface area (Å²) in [7, 11) is 1.92. The molecule has 0 aromatic carbocycles. The van der Waals surface area contributed by atoms with Crippen LogP contribution in [0.4, 0.5) is 0 Å². The molecule has 3 N–H and O–H groups in total. The predicted molar refractivity (Wildman–Crippen MR) is 63.9 cm³/mol. The van der Waals surface area contributed by atoms with Crippen molar-refractivity contribution in [3.05, 3.63) is 0 Å². The van der Waals surface area contributed by atoms with Crippen LogP contribution in [0.5, 0.6) is 0 Å². The molecule has 4 nitrogen and oxygen atoms in total. The second-order valence-electron chi connectivity index (χ2n) is 5.13. The monoisotopic (exact) mass is 225 g/mol. The van der Waals surface area contributed by atoms with E-state index in [1.54, 1.807) is 0 Å². The van der Waals surface area contributed by atoms with Crippen molar-refractivity contribution in [3.63, 3.8) is 0 Å². The second kappa shape index (κ2) is 5.15. The molecule has 1 saturated carbocycles. The highest BCUT2D eigenvalue weighted by atomic mass is 16.2. The van der Waals surface area contributed by atoms with Crippen LogP contribution in [0.1, 0.15) is 25.7 Å². The van der Waals surface area contributed by atoms with Gasteiger partial charge in [0.15, 0.2) is 0 Å². The van der Waals surface area contributed by atoms with E-state index >= 15 is 0 Å². The van der Waals surface area contributed by atoms with Crippen LogP contribution in [0.2, 0.25) is 0 Å². The number of likely N-dealkylation sites (N-methyl/N-ethyl adjacent to an activating group) is 1. The van der Waals surface area contributed by atoms with E-state index in [9.17, 15) is 4.79 Å². The summed E-state index contributed by atoms with van der Waals surface area (Å²) < 4.78 is 0. The van der Waals surface area contributed by atoms with Gasteiger partial charge in [-0.05, 0) is 38.1 Å². The van der Waals surface area contributed by atoms with Crippen molar-refractivity contribution < 1.29 is 4.79 Å². The molecule has 1 aliphatic heterocycles. The molecule has 1 aliphatic carbocycles. The van der Waals surface area contributed by atoms with E-state index in [0.29, 0.717) is 12.5 Å². The number of carbonyl (C=O) groups excluding carboxylic acids is 1. The van der Waals surface area contributed by atoms with Gasteiger partial charge in [-0.15, -0.1) is 0 Å². The summed E-state index contributed by atoms with van der Waals surface area (Å²) in [5, 5.41) is 3.29. The molecule has 1 amide bonds. The zero-order valence-electron chi connectivity index (χ0n) is 10.1. The fourth-order valence-corrected chi connectivity index (χ4v) is 2.66. The first-order valence-corrected chi connectivity index (χ1v) is 6.41. The van der Waals surface area contributed by atoms with E-state index in [1.807, 2.05) is 11.9 Å². The molecular weight excluding hydrogens is 202 g/mol. The number of hydrogen-bond acceptors (Lipinski definition) is 3. The second-order valence-corrected chi connectivity index (χ2v) is 5.13. The van der Waals surface area contributed by atoms with Crippen LogP contribution in [0.3, 0.4) is 0 Å². The van der Waals surface area contributed by atoms with Gasteiger partial charge in [-0.2, -0.15) is 0 Å². The van der Waals surface area contributed by atoms with Crippen LogP contribution in [0.15, 0.2) is 0 Å². The van der Waals surface area contributed by atoms with E-state index in [4.69, 9.17) is 5.73 Å². The maximum absolute atomic E-state index is 12.3. The normalized spacial score (nSPS) is 27.5. The van der Waals surface area contributed by atoms with E-state index in [0.717, 1.165) is 25.9 Å². The lowest BCUT2D eigenvalue weighted by atomic mass is 9.97. The summed E-state index contributed by atoms with van der Waals surface area (Å²) in [4.78, 5) is 14.2. The molecule has 2 fully saturated rings. The van der Waals surface area contributed by atoms with Gasteiger partial charge in [0.05, 0.1) is 5.92 Å². The third-order valence-electron chi connectivity index (χ3n) is 3.90. The molecule has 16 heavy (non-hydrogen) atoms. The molecule has 0 spiro atoms. The van der Waals surface area contributed by atoms with Crippen LogP contribution >= 0.6 is 0 Å². The molecule has 2 rings (SSSR count). The van der Waals surface area contributed by atoms with Crippen molar-refractivity contribution in [3.8, 4) is 0 Å². The van der Waals surface area contributed by atoms with E-state index in [1.165, 1.54) is 12.8 Å². The first kappa shape index (κ1) is 11.9. The van der Waals surface area contributed by atoms with Crippen molar-refractivity contribution >= 4 is 5.91 Å². The lowest BCUT2D eigenvalue weighted by Gasteiger charge is -2.32. The number of carbonyl (C=O) groups is 1.